The molecule has 2 aliphatic heterocycles. The maximum absolute atomic E-state index is 14.9. The average molecular weight is 357 g/mol. The predicted octanol–water partition coefficient (Wildman–Crippen LogP) is 1.85. The Hall–Kier alpha value is -2.41. The Kier molecular flexibility index (Phi) is 3.63. The number of rotatable bonds is 0. The van der Waals surface area contributed by atoms with Crippen LogP contribution in [0, 0.1) is 12.7 Å². The molecule has 2 aromatic heterocycles. The van der Waals surface area contributed by atoms with Crippen molar-refractivity contribution in [2.75, 3.05) is 37.0 Å². The van der Waals surface area contributed by atoms with Crippen LogP contribution < -0.4 is 15.4 Å². The van der Waals surface area contributed by atoms with Gasteiger partial charge in [-0.05, 0) is 20.9 Å². The molecule has 2 aromatic rings. The van der Waals surface area contributed by atoms with E-state index in [0.717, 1.165) is 24.5 Å². The number of fused-ring (bicyclic) bond motifs is 5. The van der Waals surface area contributed by atoms with Gasteiger partial charge in [-0.15, -0.1) is 0 Å². The van der Waals surface area contributed by atoms with Crippen molar-refractivity contribution in [3.63, 3.8) is 0 Å². The molecule has 0 bridgehead atoms. The molecule has 2 unspecified atom stereocenters. The van der Waals surface area contributed by atoms with Crippen LogP contribution in [0.4, 0.5) is 15.8 Å². The second kappa shape index (κ2) is 5.54. The lowest BCUT2D eigenvalue weighted by Crippen LogP contribution is -2.61. The number of halogens is 1. The molecule has 2 atom stereocenters. The molecule has 7 heteroatoms. The summed E-state index contributed by atoms with van der Waals surface area (Å²) in [5, 5.41) is 0.673. The summed E-state index contributed by atoms with van der Waals surface area (Å²) in [6.07, 6.45) is 1.69. The maximum Gasteiger partial charge on any atom is 0.276 e. The van der Waals surface area contributed by atoms with Gasteiger partial charge in [-0.1, -0.05) is 6.58 Å². The van der Waals surface area contributed by atoms with E-state index in [1.807, 2.05) is 11.9 Å². The van der Waals surface area contributed by atoms with E-state index in [2.05, 4.69) is 35.3 Å². The summed E-state index contributed by atoms with van der Waals surface area (Å²) in [6, 6.07) is 0.367. The second-order valence-electron chi connectivity index (χ2n) is 7.49. The zero-order chi connectivity index (χ0) is 18.9. The van der Waals surface area contributed by atoms with Gasteiger partial charge < -0.3 is 14.4 Å². The normalized spacial score (nSPS) is 23.4. The summed E-state index contributed by atoms with van der Waals surface area (Å²) in [7, 11) is 5.57. The molecule has 1 saturated heterocycles. The smallest absolute Gasteiger partial charge is 0.276 e. The minimum atomic E-state index is -0.435. The van der Waals surface area contributed by atoms with E-state index in [9.17, 15) is 9.18 Å². The first kappa shape index (κ1) is 17.0. The molecular weight excluding hydrogens is 333 g/mol. The van der Waals surface area contributed by atoms with Crippen molar-refractivity contribution in [2.45, 2.75) is 25.9 Å². The Morgan fingerprint density at radius 3 is 2.62 bits per heavy atom. The first-order valence-corrected chi connectivity index (χ1v) is 8.81. The summed E-state index contributed by atoms with van der Waals surface area (Å²) in [5.41, 5.74) is 2.59. The summed E-state index contributed by atoms with van der Waals surface area (Å²) in [5.74, 6) is -0.435. The highest BCUT2D eigenvalue weighted by Gasteiger charge is 2.41. The third-order valence-corrected chi connectivity index (χ3v) is 5.98. The van der Waals surface area contributed by atoms with E-state index in [1.54, 1.807) is 20.2 Å². The first-order chi connectivity index (χ1) is 12.2. The van der Waals surface area contributed by atoms with Crippen LogP contribution in [0.5, 0.6) is 0 Å². The third kappa shape index (κ3) is 2.06. The van der Waals surface area contributed by atoms with Gasteiger partial charge in [-0.2, -0.15) is 0 Å². The summed E-state index contributed by atoms with van der Waals surface area (Å²) >= 11 is 0. The van der Waals surface area contributed by atoms with Crippen LogP contribution in [0.1, 0.15) is 12.6 Å². The fourth-order valence-corrected chi connectivity index (χ4v) is 4.15. The van der Waals surface area contributed by atoms with Crippen molar-refractivity contribution in [3.8, 4) is 0 Å². The number of aromatic nitrogens is 2. The van der Waals surface area contributed by atoms with Gasteiger partial charge in [0.05, 0.1) is 22.9 Å². The Labute approximate surface area is 152 Å². The van der Waals surface area contributed by atoms with Crippen molar-refractivity contribution >= 4 is 22.3 Å². The summed E-state index contributed by atoms with van der Waals surface area (Å²) in [4.78, 5) is 23.7. The van der Waals surface area contributed by atoms with Crippen molar-refractivity contribution in [1.82, 2.24) is 14.5 Å². The van der Waals surface area contributed by atoms with E-state index in [0.29, 0.717) is 28.3 Å². The number of anilines is 2. The lowest BCUT2D eigenvalue weighted by Gasteiger charge is -2.51. The van der Waals surface area contributed by atoms with Crippen molar-refractivity contribution in [1.29, 1.82) is 0 Å². The molecule has 6 nitrogen and oxygen atoms in total. The predicted molar refractivity (Wildman–Crippen MR) is 102 cm³/mol. The number of piperazine rings is 1. The molecule has 0 amide bonds. The number of hydrogen-bond acceptors (Lipinski definition) is 5. The largest absolute Gasteiger partial charge is 0.358 e. The monoisotopic (exact) mass is 357 g/mol. The van der Waals surface area contributed by atoms with Gasteiger partial charge in [0.25, 0.3) is 5.56 Å². The van der Waals surface area contributed by atoms with Crippen LogP contribution in [0.25, 0.3) is 10.9 Å². The lowest BCUT2D eigenvalue weighted by atomic mass is 9.97. The van der Waals surface area contributed by atoms with Crippen LogP contribution >= 0.6 is 0 Å². The Morgan fingerprint density at radius 1 is 1.23 bits per heavy atom. The minimum absolute atomic E-state index is 0.0494. The van der Waals surface area contributed by atoms with Gasteiger partial charge in [0.2, 0.25) is 0 Å². The molecule has 0 aromatic carbocycles. The molecule has 2 aliphatic rings. The van der Waals surface area contributed by atoms with Crippen molar-refractivity contribution in [2.24, 2.45) is 7.05 Å². The number of nitrogens with zero attached hydrogens (tertiary/aromatic N) is 5. The molecular formula is C19H24FN5O. The molecule has 1 fully saturated rings. The number of hydrogen-bond donors (Lipinski definition) is 0. The molecule has 0 spiro atoms. The van der Waals surface area contributed by atoms with Gasteiger partial charge in [0.15, 0.2) is 5.82 Å². The van der Waals surface area contributed by atoms with Gasteiger partial charge >= 0.3 is 0 Å². The van der Waals surface area contributed by atoms with Gasteiger partial charge in [0, 0.05) is 50.5 Å². The molecule has 26 heavy (non-hydrogen) atoms. The third-order valence-electron chi connectivity index (χ3n) is 5.98. The Bertz CT molecular complexity index is 998. The fourth-order valence-electron chi connectivity index (χ4n) is 4.15. The standard InChI is InChI=1S/C19H24FN5O/c1-10-8-25-14(9-22(10)4)12(3)23(5)18-17(25)13-7-21-11(2)15(20)16(13)24(6)19(18)26/h7,10,14H,3,8-9H2,1-2,4-6H3. The highest BCUT2D eigenvalue weighted by atomic mass is 19.1. The van der Waals surface area contributed by atoms with Crippen LogP contribution in [0.3, 0.4) is 0 Å². The van der Waals surface area contributed by atoms with E-state index >= 15 is 0 Å². The molecule has 0 saturated carbocycles. The molecule has 0 radical (unpaired) electrons. The van der Waals surface area contributed by atoms with Crippen LogP contribution in [-0.4, -0.2) is 53.7 Å². The lowest BCUT2D eigenvalue weighted by molar-refractivity contribution is 0.208. The Balaban J connectivity index is 2.11. The van der Waals surface area contributed by atoms with Crippen LogP contribution in [-0.2, 0) is 7.05 Å². The van der Waals surface area contributed by atoms with Crippen LogP contribution in [0.2, 0.25) is 0 Å². The van der Waals surface area contributed by atoms with Crippen molar-refractivity contribution < 1.29 is 4.39 Å². The Morgan fingerprint density at radius 2 is 1.92 bits per heavy atom. The number of aryl methyl sites for hydroxylation is 2. The SMILES string of the molecule is C=C1C2CN(C)C(C)CN2c2c(c(=O)n(C)c3c(F)c(C)ncc23)N1C. The molecule has 0 N–H and O–H groups in total. The second-order valence-corrected chi connectivity index (χ2v) is 7.49. The van der Waals surface area contributed by atoms with E-state index in [1.165, 1.54) is 4.57 Å². The van der Waals surface area contributed by atoms with E-state index < -0.39 is 5.82 Å². The topological polar surface area (TPSA) is 44.6 Å². The maximum atomic E-state index is 14.9. The van der Waals surface area contributed by atoms with E-state index in [4.69, 9.17) is 0 Å². The van der Waals surface area contributed by atoms with Crippen molar-refractivity contribution in [3.05, 3.63) is 40.3 Å². The average Bonchev–Trinajstić information content (AvgIpc) is 2.60. The van der Waals surface area contributed by atoms with Gasteiger partial charge in [0.1, 0.15) is 5.69 Å². The fraction of sp³-hybridized carbons (Fsp3) is 0.474. The van der Waals surface area contributed by atoms with Gasteiger partial charge in [-0.3, -0.25) is 14.7 Å². The summed E-state index contributed by atoms with van der Waals surface area (Å²) in [6.45, 7) is 9.57. The zero-order valence-electron chi connectivity index (χ0n) is 15.9. The summed E-state index contributed by atoms with van der Waals surface area (Å²) < 4.78 is 16.3. The highest BCUT2D eigenvalue weighted by molar-refractivity contribution is 6.00. The quantitative estimate of drug-likeness (QED) is 0.720. The highest BCUT2D eigenvalue weighted by Crippen LogP contribution is 2.43. The minimum Gasteiger partial charge on any atom is -0.358 e. The van der Waals surface area contributed by atoms with Crippen LogP contribution in [0.15, 0.2) is 23.3 Å². The van der Waals surface area contributed by atoms with Gasteiger partial charge in [-0.25, -0.2) is 4.39 Å². The zero-order valence-corrected chi connectivity index (χ0v) is 15.9. The first-order valence-electron chi connectivity index (χ1n) is 8.81. The number of likely N-dealkylation sites (N-methyl/N-ethyl adjacent to an activating group) is 2. The number of pyridine rings is 2. The molecule has 138 valence electrons. The molecule has 4 rings (SSSR count). The van der Waals surface area contributed by atoms with E-state index in [-0.39, 0.29) is 11.6 Å². The molecule has 0 aliphatic carbocycles. The molecule has 4 heterocycles.